The first kappa shape index (κ1) is 60.3. The molecule has 0 unspecified atom stereocenters. The Balaban J connectivity index is 0.000000130. The second-order valence-corrected chi connectivity index (χ2v) is 27.6. The molecule has 0 aliphatic carbocycles. The summed E-state index contributed by atoms with van der Waals surface area (Å²) in [6.07, 6.45) is 26.1. The molecule has 0 fully saturated rings. The normalized spacial score (nSPS) is 15.6. The minimum atomic E-state index is -3.82. The van der Waals surface area contributed by atoms with Gasteiger partial charge in [-0.1, -0.05) is 24.3 Å². The number of aryl methyl sites for hydroxylation is 2. The Morgan fingerprint density at radius 1 is 0.494 bits per heavy atom. The fraction of sp³-hybridized carbons (Fsp3) is 0.250. The van der Waals surface area contributed by atoms with Gasteiger partial charge >= 0.3 is 0 Å². The van der Waals surface area contributed by atoms with Gasteiger partial charge in [0, 0.05) is 133 Å². The molecule has 0 radical (unpaired) electrons. The van der Waals surface area contributed by atoms with Crippen LogP contribution in [0.25, 0.3) is 72.3 Å². The molecule has 0 saturated carbocycles. The highest BCUT2D eigenvalue weighted by molar-refractivity contribution is 7.90. The van der Waals surface area contributed by atoms with E-state index in [0.29, 0.717) is 52.5 Å². The molecule has 89 heavy (non-hydrogen) atoms. The molecule has 25 heteroatoms. The highest BCUT2D eigenvalue weighted by Crippen LogP contribution is 2.39. The second kappa shape index (κ2) is 24.5. The van der Waals surface area contributed by atoms with E-state index >= 15 is 0 Å². The summed E-state index contributed by atoms with van der Waals surface area (Å²) in [6, 6.07) is 21.6. The predicted octanol–water partition coefficient (Wildman–Crippen LogP) is 10.3. The predicted molar refractivity (Wildman–Crippen MR) is 341 cm³/mol. The van der Waals surface area contributed by atoms with Crippen LogP contribution in [0.3, 0.4) is 0 Å². The van der Waals surface area contributed by atoms with Gasteiger partial charge in [-0.05, 0) is 144 Å². The van der Waals surface area contributed by atoms with Crippen LogP contribution in [0.1, 0.15) is 49.8 Å². The number of nitrogen functional groups attached to an aromatic ring is 1. The molecule has 0 atom stereocenters. The molecular weight excluding hydrogens is 1190 g/mol. The van der Waals surface area contributed by atoms with E-state index in [1.807, 2.05) is 57.3 Å². The Bertz CT molecular complexity index is 4880. The zero-order chi connectivity index (χ0) is 62.4. The van der Waals surface area contributed by atoms with Crippen molar-refractivity contribution in [3.8, 4) is 22.9 Å². The molecule has 14 rings (SSSR count). The van der Waals surface area contributed by atoms with Crippen molar-refractivity contribution in [1.82, 2.24) is 56.1 Å². The van der Waals surface area contributed by atoms with Crippen molar-refractivity contribution >= 4 is 85.2 Å². The van der Waals surface area contributed by atoms with E-state index < -0.39 is 30.1 Å². The average molecular weight is 1260 g/mol. The molecule has 0 spiro atoms. The van der Waals surface area contributed by atoms with Gasteiger partial charge in [0.05, 0.1) is 46.2 Å². The summed E-state index contributed by atoms with van der Waals surface area (Å²) in [5, 5.41) is 10.6. The van der Waals surface area contributed by atoms with Gasteiger partial charge in [0.1, 0.15) is 28.1 Å². The van der Waals surface area contributed by atoms with Gasteiger partial charge in [0.15, 0.2) is 0 Å². The summed E-state index contributed by atoms with van der Waals surface area (Å²) in [4.78, 5) is 15.6. The van der Waals surface area contributed by atoms with Crippen molar-refractivity contribution in [3.63, 3.8) is 0 Å². The summed E-state index contributed by atoms with van der Waals surface area (Å²) in [5.41, 5.74) is 15.3. The van der Waals surface area contributed by atoms with E-state index in [4.69, 9.17) is 14.6 Å². The molecule has 21 nitrogen and oxygen atoms in total. The number of halogens is 1. The number of hydrogen-bond donors (Lipinski definition) is 1. The molecule has 0 amide bonds. The van der Waals surface area contributed by atoms with Crippen LogP contribution < -0.4 is 5.73 Å². The number of aromatic nitrogens is 9. The van der Waals surface area contributed by atoms with Crippen LogP contribution in [-0.4, -0.2) is 142 Å². The smallest absolute Gasteiger partial charge is 0.271 e. The monoisotopic (exact) mass is 1260 g/mol. The van der Waals surface area contributed by atoms with E-state index in [1.165, 1.54) is 67.2 Å². The molecule has 2 N–H and O–H groups in total. The second-order valence-electron chi connectivity index (χ2n) is 22.2. The Hall–Kier alpha value is -8.98. The minimum absolute atomic E-state index is 0.141. The third-order valence-electron chi connectivity index (χ3n) is 16.3. The number of fused-ring (bicyclic) bond motifs is 3. The van der Waals surface area contributed by atoms with Gasteiger partial charge in [-0.25, -0.2) is 51.5 Å². The largest absolute Gasteiger partial charge is 0.445 e. The van der Waals surface area contributed by atoms with Crippen molar-refractivity contribution in [3.05, 3.63) is 188 Å². The molecule has 7 aromatic heterocycles. The molecule has 4 aromatic carbocycles. The number of hydrogen-bond acceptors (Lipinski definition) is 16. The topological polar surface area (TPSA) is 241 Å². The lowest BCUT2D eigenvalue weighted by Gasteiger charge is -2.21. The van der Waals surface area contributed by atoms with E-state index in [-0.39, 0.29) is 20.5 Å². The molecule has 0 saturated heterocycles. The zero-order valence-electron chi connectivity index (χ0n) is 49.7. The number of benzene rings is 4. The first-order valence-electron chi connectivity index (χ1n) is 29.0. The SMILES string of the molecule is CCn1cc(S(=O)(=O)n2cc(C3=CCN(C)CC3)c3cc(-c4ncco4)ccc32)cn1.CCn1cc(S(=O)(=O)n2cc(C3=CCN(C)CC3)c3ccc(-c4ncco4)cc32)cn1.CN1CC=C(c2cn(S(=O)(=O)c3ccc(N)cc3)c3ccc(F)cc23)CC1. The highest BCUT2D eigenvalue weighted by atomic mass is 32.2. The van der Waals surface area contributed by atoms with Crippen molar-refractivity contribution in [2.24, 2.45) is 0 Å². The maximum Gasteiger partial charge on any atom is 0.271 e. The van der Waals surface area contributed by atoms with E-state index in [0.717, 1.165) is 114 Å². The summed E-state index contributed by atoms with van der Waals surface area (Å²) in [7, 11) is -5.26. The number of nitrogens with zero attached hydrogens (tertiary/aromatic N) is 12. The number of rotatable bonds is 13. The molecule has 3 aliphatic rings. The van der Waals surface area contributed by atoms with Crippen LogP contribution in [0.5, 0.6) is 0 Å². The lowest BCUT2D eigenvalue weighted by Crippen LogP contribution is -2.23. The van der Waals surface area contributed by atoms with Gasteiger partial charge in [0.2, 0.25) is 11.8 Å². The van der Waals surface area contributed by atoms with E-state index in [1.54, 1.807) is 64.9 Å². The molecule has 0 bridgehead atoms. The fourth-order valence-corrected chi connectivity index (χ4v) is 15.3. The quantitative estimate of drug-likeness (QED) is 0.106. The summed E-state index contributed by atoms with van der Waals surface area (Å²) >= 11 is 0. The van der Waals surface area contributed by atoms with Crippen molar-refractivity contribution in [2.75, 3.05) is 66.1 Å². The van der Waals surface area contributed by atoms with Crippen LogP contribution in [0.4, 0.5) is 10.1 Å². The van der Waals surface area contributed by atoms with Crippen LogP contribution >= 0.6 is 0 Å². The first-order chi connectivity index (χ1) is 42.8. The maximum absolute atomic E-state index is 13.9. The van der Waals surface area contributed by atoms with Gasteiger partial charge in [-0.15, -0.1) is 0 Å². The maximum atomic E-state index is 13.9. The fourth-order valence-electron chi connectivity index (χ4n) is 11.3. The molecule has 11 aromatic rings. The highest BCUT2D eigenvalue weighted by Gasteiger charge is 2.29. The summed E-state index contributed by atoms with van der Waals surface area (Å²) < 4.78 is 112. The van der Waals surface area contributed by atoms with E-state index in [2.05, 4.69) is 67.2 Å². The Kier molecular flexibility index (Phi) is 16.6. The molecule has 3 aliphatic heterocycles. The number of oxazole rings is 2. The third-order valence-corrected chi connectivity index (χ3v) is 21.3. The summed E-state index contributed by atoms with van der Waals surface area (Å²) in [5.74, 6) is 0.566. The van der Waals surface area contributed by atoms with Crippen molar-refractivity contribution in [1.29, 1.82) is 0 Å². The van der Waals surface area contributed by atoms with E-state index in [9.17, 15) is 29.6 Å². The van der Waals surface area contributed by atoms with Gasteiger partial charge in [-0.3, -0.25) is 9.36 Å². The lowest BCUT2D eigenvalue weighted by atomic mass is 9.98. The van der Waals surface area contributed by atoms with Crippen LogP contribution in [-0.2, 0) is 43.2 Å². The third kappa shape index (κ3) is 12.0. The van der Waals surface area contributed by atoms with Crippen molar-refractivity contribution < 1.29 is 38.5 Å². The number of likely N-dealkylation sites (N-methyl/N-ethyl adjacent to an activating group) is 3. The standard InChI is InChI=1S/2C22H23N5O3S.C20H20FN3O2S/c1-3-26-14-18(13-24-26)31(28,29)27-15-20(16-6-9-25(2)10-7-16)19-12-17(4-5-21(19)27)22-23-8-11-30-22;1-3-26-14-18(13-24-26)31(28,29)27-15-20(16-6-9-25(2)10-7-16)19-5-4-17(12-21(19)27)22-23-8-11-30-22;1-23-10-8-14(9-11-23)19-13-24(20-7-2-15(21)12-18(19)20)27(25,26)17-5-3-16(22)4-6-17/h2*4-6,8,11-15H,3,7,9-10H2,1-2H3;2-8,12-13H,9-11,22H2,1H3. The minimum Gasteiger partial charge on any atom is -0.445 e. The zero-order valence-corrected chi connectivity index (χ0v) is 52.1. The molecular formula is C64H66FN13O8S3. The lowest BCUT2D eigenvalue weighted by molar-refractivity contribution is 0.370. The Morgan fingerprint density at radius 2 is 0.921 bits per heavy atom. The van der Waals surface area contributed by atoms with Crippen LogP contribution in [0.2, 0.25) is 0 Å². The summed E-state index contributed by atoms with van der Waals surface area (Å²) in [6.45, 7) is 10.2. The number of nitrogens with two attached hydrogens (primary N) is 1. The van der Waals surface area contributed by atoms with Gasteiger partial charge < -0.3 is 29.3 Å². The van der Waals surface area contributed by atoms with Crippen LogP contribution in [0, 0.1) is 5.82 Å². The Labute approximate surface area is 514 Å². The molecule has 460 valence electrons. The Morgan fingerprint density at radius 3 is 1.36 bits per heavy atom. The van der Waals surface area contributed by atoms with Crippen LogP contribution in [0.15, 0.2) is 189 Å². The average Bonchev–Trinajstić information content (AvgIpc) is 1.63. The molecule has 10 heterocycles. The first-order valence-corrected chi connectivity index (χ1v) is 33.3. The van der Waals surface area contributed by atoms with Gasteiger partial charge in [0.25, 0.3) is 30.1 Å². The number of anilines is 1. The van der Waals surface area contributed by atoms with Crippen molar-refractivity contribution in [2.45, 2.75) is 60.9 Å². The van der Waals surface area contributed by atoms with Gasteiger partial charge in [-0.2, -0.15) is 10.2 Å².